The van der Waals surface area contributed by atoms with Crippen molar-refractivity contribution in [1.82, 2.24) is 30.1 Å². The first-order chi connectivity index (χ1) is 16.7. The topological polar surface area (TPSA) is 104 Å². The molecule has 5 rings (SSSR count). The molecule has 0 spiro atoms. The molecule has 1 N–H and O–H groups in total. The van der Waals surface area contributed by atoms with Gasteiger partial charge in [-0.2, -0.15) is 4.52 Å². The Morgan fingerprint density at radius 2 is 2.03 bits per heavy atom. The molecular weight excluding hydrogens is 472 g/mol. The maximum atomic E-state index is 12.2. The fourth-order valence-electron chi connectivity index (χ4n) is 3.23. The highest BCUT2D eigenvalue weighted by atomic mass is 32.2. The maximum Gasteiger partial charge on any atom is 0.231 e. The van der Waals surface area contributed by atoms with Gasteiger partial charge < -0.3 is 14.8 Å². The summed E-state index contributed by atoms with van der Waals surface area (Å²) in [6.45, 7) is 0.649. The summed E-state index contributed by atoms with van der Waals surface area (Å²) < 4.78 is 14.6. The molecular formula is C23H20N6O3S2. The van der Waals surface area contributed by atoms with Gasteiger partial charge in [-0.3, -0.25) is 4.79 Å². The van der Waals surface area contributed by atoms with E-state index in [9.17, 15) is 4.79 Å². The van der Waals surface area contributed by atoms with Crippen molar-refractivity contribution in [3.63, 3.8) is 0 Å². The molecule has 9 nitrogen and oxygen atoms in total. The predicted molar refractivity (Wildman–Crippen MR) is 132 cm³/mol. The SMILES string of the molecule is COc1cccc(-c2nnc3ccc(OCCNC(=O)CSc4nc5ccccc5s4)nn23)c1. The van der Waals surface area contributed by atoms with Gasteiger partial charge in [0.25, 0.3) is 0 Å². The van der Waals surface area contributed by atoms with E-state index in [1.807, 2.05) is 48.5 Å². The second-order valence-electron chi connectivity index (χ2n) is 7.13. The van der Waals surface area contributed by atoms with E-state index in [1.54, 1.807) is 35.1 Å². The normalized spacial score (nSPS) is 11.1. The molecule has 1 amide bonds. The van der Waals surface area contributed by atoms with Crippen molar-refractivity contribution in [1.29, 1.82) is 0 Å². The zero-order chi connectivity index (χ0) is 23.3. The number of hydrogen-bond acceptors (Lipinski definition) is 9. The standard InChI is InChI=1S/C23H20N6O3S2/c1-31-16-6-4-5-15(13-16)22-27-26-19-9-10-21(28-29(19)22)32-12-11-24-20(30)14-33-23-25-17-7-2-3-8-18(17)34-23/h2-10,13H,11-12,14H2,1H3,(H,24,30). The summed E-state index contributed by atoms with van der Waals surface area (Å²) in [7, 11) is 1.61. The van der Waals surface area contributed by atoms with E-state index in [-0.39, 0.29) is 12.5 Å². The molecule has 172 valence electrons. The van der Waals surface area contributed by atoms with E-state index in [0.717, 1.165) is 25.9 Å². The van der Waals surface area contributed by atoms with Gasteiger partial charge in [0.15, 0.2) is 15.8 Å². The van der Waals surface area contributed by atoms with Crippen LogP contribution >= 0.6 is 23.1 Å². The van der Waals surface area contributed by atoms with E-state index in [0.29, 0.717) is 29.6 Å². The number of aromatic nitrogens is 5. The van der Waals surface area contributed by atoms with Crippen LogP contribution in [-0.4, -0.2) is 56.7 Å². The largest absolute Gasteiger partial charge is 0.497 e. The molecule has 0 aliphatic rings. The number of nitrogens with one attached hydrogen (secondary N) is 1. The Morgan fingerprint density at radius 3 is 2.91 bits per heavy atom. The molecule has 0 unspecified atom stereocenters. The summed E-state index contributed by atoms with van der Waals surface area (Å²) in [4.78, 5) is 16.7. The highest BCUT2D eigenvalue weighted by molar-refractivity contribution is 8.01. The predicted octanol–water partition coefficient (Wildman–Crippen LogP) is 3.70. The molecule has 3 aromatic heterocycles. The molecule has 0 radical (unpaired) electrons. The van der Waals surface area contributed by atoms with Crippen LogP contribution in [0.2, 0.25) is 0 Å². The first-order valence-electron chi connectivity index (χ1n) is 10.4. The second-order valence-corrected chi connectivity index (χ2v) is 9.38. The smallest absolute Gasteiger partial charge is 0.231 e. The molecule has 0 saturated carbocycles. The van der Waals surface area contributed by atoms with Crippen molar-refractivity contribution in [2.24, 2.45) is 0 Å². The number of para-hydroxylation sites is 1. The number of thioether (sulfide) groups is 1. The number of carbonyl (C=O) groups excluding carboxylic acids is 1. The highest BCUT2D eigenvalue weighted by Gasteiger charge is 2.12. The number of benzene rings is 2. The quantitative estimate of drug-likeness (QED) is 0.245. The molecule has 2 aromatic carbocycles. The van der Waals surface area contributed by atoms with Crippen LogP contribution in [0.25, 0.3) is 27.3 Å². The maximum absolute atomic E-state index is 12.2. The van der Waals surface area contributed by atoms with Gasteiger partial charge >= 0.3 is 0 Å². The highest BCUT2D eigenvalue weighted by Crippen LogP contribution is 2.29. The zero-order valence-electron chi connectivity index (χ0n) is 18.2. The van der Waals surface area contributed by atoms with Gasteiger partial charge in [-0.25, -0.2) is 4.98 Å². The fraction of sp³-hybridized carbons (Fsp3) is 0.174. The lowest BCUT2D eigenvalue weighted by molar-refractivity contribution is -0.118. The Hall–Kier alpha value is -3.70. The number of carbonyl (C=O) groups is 1. The lowest BCUT2D eigenvalue weighted by atomic mass is 10.2. The summed E-state index contributed by atoms with van der Waals surface area (Å²) in [5, 5.41) is 15.7. The lowest BCUT2D eigenvalue weighted by Crippen LogP contribution is -2.29. The number of hydrogen-bond donors (Lipinski definition) is 1. The van der Waals surface area contributed by atoms with Crippen molar-refractivity contribution in [2.45, 2.75) is 4.34 Å². The van der Waals surface area contributed by atoms with Gasteiger partial charge in [0.1, 0.15) is 12.4 Å². The Balaban J connectivity index is 1.14. The second kappa shape index (κ2) is 10.1. The molecule has 11 heteroatoms. The van der Waals surface area contributed by atoms with Crippen LogP contribution in [0, 0.1) is 0 Å². The van der Waals surface area contributed by atoms with Crippen LogP contribution < -0.4 is 14.8 Å². The average molecular weight is 493 g/mol. The zero-order valence-corrected chi connectivity index (χ0v) is 19.8. The van der Waals surface area contributed by atoms with Gasteiger partial charge in [-0.15, -0.1) is 26.6 Å². The Morgan fingerprint density at radius 1 is 1.12 bits per heavy atom. The Bertz CT molecular complexity index is 1420. The third kappa shape index (κ3) is 4.95. The minimum atomic E-state index is -0.0737. The number of thiazole rings is 1. The molecule has 0 fully saturated rings. The summed E-state index contributed by atoms with van der Waals surface area (Å²) >= 11 is 3.02. The summed E-state index contributed by atoms with van der Waals surface area (Å²) in [6, 6.07) is 19.0. The van der Waals surface area contributed by atoms with Crippen molar-refractivity contribution in [2.75, 3.05) is 26.0 Å². The van der Waals surface area contributed by atoms with Crippen LogP contribution in [0.4, 0.5) is 0 Å². The van der Waals surface area contributed by atoms with Crippen molar-refractivity contribution >= 4 is 44.9 Å². The van der Waals surface area contributed by atoms with Gasteiger partial charge in [-0.1, -0.05) is 36.0 Å². The number of ether oxygens (including phenoxy) is 2. The molecule has 0 aliphatic carbocycles. The first-order valence-corrected chi connectivity index (χ1v) is 12.2. The monoisotopic (exact) mass is 492 g/mol. The Labute approximate surface area is 203 Å². The average Bonchev–Trinajstić information content (AvgIpc) is 3.49. The van der Waals surface area contributed by atoms with Crippen molar-refractivity contribution in [3.8, 4) is 23.0 Å². The van der Waals surface area contributed by atoms with Gasteiger partial charge in [0.2, 0.25) is 11.8 Å². The number of amides is 1. The minimum Gasteiger partial charge on any atom is -0.497 e. The van der Waals surface area contributed by atoms with Crippen molar-refractivity contribution < 1.29 is 14.3 Å². The van der Waals surface area contributed by atoms with E-state index < -0.39 is 0 Å². The third-order valence-electron chi connectivity index (χ3n) is 4.84. The fourth-order valence-corrected chi connectivity index (χ4v) is 5.13. The van der Waals surface area contributed by atoms with Gasteiger partial charge in [0, 0.05) is 11.6 Å². The van der Waals surface area contributed by atoms with E-state index in [4.69, 9.17) is 9.47 Å². The molecule has 0 saturated heterocycles. The third-order valence-corrected chi connectivity index (χ3v) is 7.02. The van der Waals surface area contributed by atoms with Gasteiger partial charge in [0.05, 0.1) is 29.6 Å². The lowest BCUT2D eigenvalue weighted by Gasteiger charge is -2.07. The molecule has 5 aromatic rings. The van der Waals surface area contributed by atoms with Crippen LogP contribution in [-0.2, 0) is 4.79 Å². The number of nitrogens with zero attached hydrogens (tertiary/aromatic N) is 5. The Kier molecular flexibility index (Phi) is 6.54. The molecule has 0 bridgehead atoms. The van der Waals surface area contributed by atoms with Crippen LogP contribution in [0.15, 0.2) is 65.0 Å². The summed E-state index contributed by atoms with van der Waals surface area (Å²) in [5.41, 5.74) is 2.38. The first kappa shape index (κ1) is 22.1. The van der Waals surface area contributed by atoms with Crippen molar-refractivity contribution in [3.05, 3.63) is 60.7 Å². The van der Waals surface area contributed by atoms with Crippen LogP contribution in [0.5, 0.6) is 11.6 Å². The van der Waals surface area contributed by atoms with Crippen LogP contribution in [0.1, 0.15) is 0 Å². The number of fused-ring (bicyclic) bond motifs is 2. The van der Waals surface area contributed by atoms with Crippen LogP contribution in [0.3, 0.4) is 0 Å². The number of rotatable bonds is 9. The van der Waals surface area contributed by atoms with E-state index in [2.05, 4.69) is 25.6 Å². The minimum absolute atomic E-state index is 0.0737. The summed E-state index contributed by atoms with van der Waals surface area (Å²) in [5.74, 6) is 1.94. The molecule has 0 aliphatic heterocycles. The molecule has 0 atom stereocenters. The molecule has 3 heterocycles. The summed E-state index contributed by atoms with van der Waals surface area (Å²) in [6.07, 6.45) is 0. The molecule has 34 heavy (non-hydrogen) atoms. The van der Waals surface area contributed by atoms with E-state index >= 15 is 0 Å². The van der Waals surface area contributed by atoms with Gasteiger partial charge in [-0.05, 0) is 30.3 Å². The van der Waals surface area contributed by atoms with E-state index in [1.165, 1.54) is 11.8 Å². The number of methoxy groups -OCH3 is 1.